The van der Waals surface area contributed by atoms with Gasteiger partial charge in [-0.15, -0.1) is 0 Å². The van der Waals surface area contributed by atoms with Gasteiger partial charge < -0.3 is 13.6 Å². The van der Waals surface area contributed by atoms with Crippen molar-refractivity contribution in [1.82, 2.24) is 0 Å². The molecular weight excluding hydrogens is 442 g/mol. The third-order valence-electron chi connectivity index (χ3n) is 5.23. The Bertz CT molecular complexity index is 966. The van der Waals surface area contributed by atoms with Gasteiger partial charge in [-0.3, -0.25) is 9.13 Å². The summed E-state index contributed by atoms with van der Waals surface area (Å²) in [6.07, 6.45) is 1.94. The Morgan fingerprint density at radius 2 is 1.41 bits per heavy atom. The first-order valence-corrected chi connectivity index (χ1v) is 15.2. The van der Waals surface area contributed by atoms with Gasteiger partial charge in [-0.05, 0) is 68.9 Å². The normalized spacial score (nSPS) is 13.8. The van der Waals surface area contributed by atoms with Crippen molar-refractivity contribution in [3.05, 3.63) is 58.7 Å². The van der Waals surface area contributed by atoms with Gasteiger partial charge in [-0.25, -0.2) is 0 Å². The quantitative estimate of drug-likeness (QED) is 0.272. The van der Waals surface area contributed by atoms with E-state index in [0.29, 0.717) is 32.1 Å². The molecule has 0 spiro atoms. The predicted octanol–water partition coefficient (Wildman–Crippen LogP) is 7.96. The van der Waals surface area contributed by atoms with Crippen molar-refractivity contribution in [3.8, 4) is 11.1 Å². The van der Waals surface area contributed by atoms with Crippen LogP contribution in [0.3, 0.4) is 0 Å². The van der Waals surface area contributed by atoms with Crippen LogP contribution in [-0.4, -0.2) is 26.0 Å². The van der Waals surface area contributed by atoms with E-state index >= 15 is 0 Å². The van der Waals surface area contributed by atoms with Gasteiger partial charge in [-0.1, -0.05) is 48.9 Å². The molecule has 0 heterocycles. The summed E-state index contributed by atoms with van der Waals surface area (Å²) >= 11 is 0. The van der Waals surface area contributed by atoms with Gasteiger partial charge >= 0.3 is 7.60 Å². The molecule has 0 bridgehead atoms. The Hall–Kier alpha value is -1.22. The number of hydrogen-bond acceptors (Lipinski definition) is 5. The monoisotopic (exact) mass is 480 g/mol. The molecule has 1 unspecified atom stereocenters. The van der Waals surface area contributed by atoms with Gasteiger partial charge in [-0.2, -0.15) is 0 Å². The zero-order valence-electron chi connectivity index (χ0n) is 20.3. The second-order valence-electron chi connectivity index (χ2n) is 8.03. The molecule has 0 aliphatic heterocycles. The summed E-state index contributed by atoms with van der Waals surface area (Å²) in [5.74, 6) is 0. The third-order valence-corrected chi connectivity index (χ3v) is 9.96. The molecule has 178 valence electrons. The molecule has 0 radical (unpaired) electrons. The van der Waals surface area contributed by atoms with Crippen molar-refractivity contribution < 1.29 is 22.7 Å². The zero-order chi connectivity index (χ0) is 23.8. The number of benzene rings is 2. The van der Waals surface area contributed by atoms with Crippen LogP contribution in [-0.2, 0) is 35.0 Å². The molecule has 1 atom stereocenters. The molecule has 0 saturated carbocycles. The minimum Gasteiger partial charge on any atom is -0.329 e. The lowest BCUT2D eigenvalue weighted by Crippen LogP contribution is -2.03. The predicted molar refractivity (Wildman–Crippen MR) is 134 cm³/mol. The standard InChI is InChI=1S/C25H38O5P2/c1-7-15-31(26,28-8-2)19-23-14-13-22(18-32(27,29-9-3)30-10-4)17-25(23)24-16-20(5)11-12-21(24)6/h11-14,16-17H,7-10,15,18-19H2,1-6H3. The van der Waals surface area contributed by atoms with Gasteiger partial charge in [0.15, 0.2) is 0 Å². The number of rotatable bonds is 13. The smallest absolute Gasteiger partial charge is 0.329 e. The second-order valence-corrected chi connectivity index (χ2v) is 12.7. The van der Waals surface area contributed by atoms with Gasteiger partial charge in [0.1, 0.15) is 0 Å². The van der Waals surface area contributed by atoms with Crippen LogP contribution in [0.5, 0.6) is 0 Å². The van der Waals surface area contributed by atoms with Gasteiger partial charge in [0.25, 0.3) is 0 Å². The lowest BCUT2D eigenvalue weighted by atomic mass is 9.94. The summed E-state index contributed by atoms with van der Waals surface area (Å²) in [5, 5.41) is 0. The molecule has 0 aromatic heterocycles. The van der Waals surface area contributed by atoms with Crippen LogP contribution < -0.4 is 0 Å². The maximum Gasteiger partial charge on any atom is 0.335 e. The van der Waals surface area contributed by atoms with Crippen LogP contribution in [0.15, 0.2) is 36.4 Å². The van der Waals surface area contributed by atoms with Gasteiger partial charge in [0, 0.05) is 6.16 Å². The number of hydrogen-bond donors (Lipinski definition) is 0. The van der Waals surface area contributed by atoms with Crippen molar-refractivity contribution >= 4 is 15.0 Å². The maximum atomic E-state index is 13.5. The highest BCUT2D eigenvalue weighted by Crippen LogP contribution is 2.54. The van der Waals surface area contributed by atoms with E-state index in [1.54, 1.807) is 0 Å². The Labute approximate surface area is 193 Å². The minimum atomic E-state index is -3.23. The van der Waals surface area contributed by atoms with E-state index < -0.39 is 15.0 Å². The average molecular weight is 481 g/mol. The average Bonchev–Trinajstić information content (AvgIpc) is 2.71. The molecule has 2 aromatic carbocycles. The topological polar surface area (TPSA) is 61.8 Å². The molecule has 0 saturated heterocycles. The van der Waals surface area contributed by atoms with E-state index in [1.807, 2.05) is 45.9 Å². The zero-order valence-corrected chi connectivity index (χ0v) is 22.1. The first kappa shape index (κ1) is 27.0. The minimum absolute atomic E-state index is 0.199. The molecule has 0 aliphatic rings. The Kier molecular flexibility index (Phi) is 10.4. The largest absolute Gasteiger partial charge is 0.335 e. The molecule has 0 amide bonds. The molecule has 0 fully saturated rings. The molecule has 5 nitrogen and oxygen atoms in total. The molecule has 7 heteroatoms. The molecule has 0 N–H and O–H groups in total. The van der Waals surface area contributed by atoms with Crippen LogP contribution in [0, 0.1) is 13.8 Å². The first-order chi connectivity index (χ1) is 15.2. The Morgan fingerprint density at radius 3 is 2.00 bits per heavy atom. The maximum absolute atomic E-state index is 13.5. The molecule has 0 aliphatic carbocycles. The summed E-state index contributed by atoms with van der Waals surface area (Å²) in [4.78, 5) is 0. The SMILES string of the molecule is CCCP(=O)(Cc1ccc(CP(=O)(OCC)OCC)cc1-c1cc(C)ccc1C)OCC. The Morgan fingerprint density at radius 1 is 0.750 bits per heavy atom. The van der Waals surface area contributed by atoms with Crippen molar-refractivity contribution in [2.75, 3.05) is 26.0 Å². The van der Waals surface area contributed by atoms with Gasteiger partial charge in [0.2, 0.25) is 7.37 Å². The summed E-state index contributed by atoms with van der Waals surface area (Å²) in [5.41, 5.74) is 6.22. The highest BCUT2D eigenvalue weighted by atomic mass is 31.2. The van der Waals surface area contributed by atoms with E-state index in [0.717, 1.165) is 39.8 Å². The van der Waals surface area contributed by atoms with E-state index in [-0.39, 0.29) is 6.16 Å². The van der Waals surface area contributed by atoms with E-state index in [1.165, 1.54) is 0 Å². The fourth-order valence-corrected chi connectivity index (χ4v) is 7.92. The fraction of sp³-hybridized carbons (Fsp3) is 0.520. The van der Waals surface area contributed by atoms with Crippen LogP contribution in [0.2, 0.25) is 0 Å². The van der Waals surface area contributed by atoms with Crippen molar-refractivity contribution in [3.63, 3.8) is 0 Å². The van der Waals surface area contributed by atoms with Crippen LogP contribution in [0.4, 0.5) is 0 Å². The Balaban J connectivity index is 2.58. The summed E-state index contributed by atoms with van der Waals surface area (Å²) < 4.78 is 43.4. The number of aryl methyl sites for hydroxylation is 2. The second kappa shape index (κ2) is 12.3. The van der Waals surface area contributed by atoms with Gasteiger partial charge in [0.05, 0.1) is 32.1 Å². The molecule has 32 heavy (non-hydrogen) atoms. The van der Waals surface area contributed by atoms with E-state index in [2.05, 4.69) is 32.0 Å². The fourth-order valence-electron chi connectivity index (χ4n) is 3.91. The van der Waals surface area contributed by atoms with Crippen molar-refractivity contribution in [2.24, 2.45) is 0 Å². The summed E-state index contributed by atoms with van der Waals surface area (Å²) in [6.45, 7) is 12.8. The van der Waals surface area contributed by atoms with Crippen LogP contribution >= 0.6 is 15.0 Å². The molecule has 2 aromatic rings. The van der Waals surface area contributed by atoms with E-state index in [4.69, 9.17) is 13.6 Å². The highest BCUT2D eigenvalue weighted by molar-refractivity contribution is 7.58. The molecular formula is C25H38O5P2. The molecule has 2 rings (SSSR count). The third kappa shape index (κ3) is 7.40. The van der Waals surface area contributed by atoms with Crippen LogP contribution in [0.25, 0.3) is 11.1 Å². The lowest BCUT2D eigenvalue weighted by molar-refractivity contribution is 0.219. The first-order valence-electron chi connectivity index (χ1n) is 11.5. The van der Waals surface area contributed by atoms with Crippen molar-refractivity contribution in [1.29, 1.82) is 0 Å². The summed E-state index contributed by atoms with van der Waals surface area (Å²) in [6, 6.07) is 12.3. The van der Waals surface area contributed by atoms with E-state index in [9.17, 15) is 9.13 Å². The van der Waals surface area contributed by atoms with Crippen molar-refractivity contribution in [2.45, 2.75) is 60.3 Å². The highest BCUT2D eigenvalue weighted by Gasteiger charge is 2.27. The lowest BCUT2D eigenvalue weighted by Gasteiger charge is -2.22. The summed E-state index contributed by atoms with van der Waals surface area (Å²) in [7, 11) is -6.03. The van der Waals surface area contributed by atoms with Crippen LogP contribution in [0.1, 0.15) is 56.4 Å².